The molecule has 2 rings (SSSR count). The van der Waals surface area contributed by atoms with Crippen molar-refractivity contribution < 1.29 is 9.47 Å². The average Bonchev–Trinajstić information content (AvgIpc) is 2.79. The molecule has 6 nitrogen and oxygen atoms in total. The molecule has 0 saturated carbocycles. The molecule has 20 heavy (non-hydrogen) atoms. The molecule has 2 heterocycles. The summed E-state index contributed by atoms with van der Waals surface area (Å²) in [6, 6.07) is 0. The minimum absolute atomic E-state index is 0.0658. The third-order valence-corrected chi connectivity index (χ3v) is 3.97. The monoisotopic (exact) mass is 299 g/mol. The van der Waals surface area contributed by atoms with E-state index in [2.05, 4.69) is 4.98 Å². The molecule has 0 amide bonds. The molecule has 1 aliphatic rings. The molecular formula is C13H21N3O3S. The Bertz CT molecular complexity index is 539. The van der Waals surface area contributed by atoms with E-state index in [4.69, 9.17) is 15.2 Å². The first kappa shape index (κ1) is 15.3. The van der Waals surface area contributed by atoms with Gasteiger partial charge in [0, 0.05) is 17.5 Å². The normalized spacial score (nSPS) is 23.2. The van der Waals surface area contributed by atoms with Crippen LogP contribution in [0.5, 0.6) is 0 Å². The predicted octanol–water partition coefficient (Wildman–Crippen LogP) is 1.54. The van der Waals surface area contributed by atoms with Crippen molar-refractivity contribution in [3.8, 4) is 0 Å². The summed E-state index contributed by atoms with van der Waals surface area (Å²) in [5.74, 6) is 0.966. The fraction of sp³-hybridized carbons (Fsp3) is 0.692. The summed E-state index contributed by atoms with van der Waals surface area (Å²) in [5.41, 5.74) is 5.75. The number of hydrogen-bond acceptors (Lipinski definition) is 6. The molecule has 0 unspecified atom stereocenters. The molecule has 7 heteroatoms. The largest absolute Gasteiger partial charge is 0.383 e. The van der Waals surface area contributed by atoms with Crippen LogP contribution in [0.15, 0.2) is 11.0 Å². The zero-order valence-corrected chi connectivity index (χ0v) is 13.1. The van der Waals surface area contributed by atoms with Crippen LogP contribution in [-0.2, 0) is 9.47 Å². The van der Waals surface area contributed by atoms with E-state index in [9.17, 15) is 4.79 Å². The standard InChI is InChI=1S/C13H21N3O3S/c1-8-5-16(12(17)15-11(8)14)9-7-20-10(19-9)6-18-13(2,3)4/h5,9-10H,6-7H2,1-4H3,(H2,14,15,17)/t9-,10+/m0/s1. The second-order valence-electron chi connectivity index (χ2n) is 5.78. The van der Waals surface area contributed by atoms with Crippen LogP contribution in [0.4, 0.5) is 5.82 Å². The number of aromatic nitrogens is 2. The maximum atomic E-state index is 11.9. The molecule has 2 N–H and O–H groups in total. The number of thioether (sulfide) groups is 1. The fourth-order valence-corrected chi connectivity index (χ4v) is 2.77. The molecule has 0 bridgehead atoms. The van der Waals surface area contributed by atoms with Gasteiger partial charge < -0.3 is 15.2 Å². The molecule has 1 aromatic heterocycles. The Hall–Kier alpha value is -1.05. The van der Waals surface area contributed by atoms with Crippen molar-refractivity contribution in [1.29, 1.82) is 0 Å². The summed E-state index contributed by atoms with van der Waals surface area (Å²) in [4.78, 5) is 15.6. The SMILES string of the molecule is Cc1cn([C@@H]2CS[C@H](COC(C)(C)C)O2)c(=O)nc1N. The van der Waals surface area contributed by atoms with Crippen molar-refractivity contribution >= 4 is 17.6 Å². The Labute approximate surface area is 122 Å². The van der Waals surface area contributed by atoms with Crippen LogP contribution < -0.4 is 11.4 Å². The second kappa shape index (κ2) is 5.75. The van der Waals surface area contributed by atoms with Gasteiger partial charge in [0.1, 0.15) is 17.5 Å². The number of nitrogens with two attached hydrogens (primary N) is 1. The Morgan fingerprint density at radius 2 is 2.30 bits per heavy atom. The maximum absolute atomic E-state index is 11.9. The molecule has 1 saturated heterocycles. The highest BCUT2D eigenvalue weighted by Gasteiger charge is 2.29. The van der Waals surface area contributed by atoms with Crippen molar-refractivity contribution in [3.05, 3.63) is 22.2 Å². The van der Waals surface area contributed by atoms with Crippen molar-refractivity contribution in [3.63, 3.8) is 0 Å². The highest BCUT2D eigenvalue weighted by atomic mass is 32.2. The lowest BCUT2D eigenvalue weighted by Gasteiger charge is -2.22. The third kappa shape index (κ3) is 3.74. The molecule has 1 aliphatic heterocycles. The number of nitrogens with zero attached hydrogens (tertiary/aromatic N) is 2. The lowest BCUT2D eigenvalue weighted by molar-refractivity contribution is -0.0684. The minimum atomic E-state index is -0.379. The van der Waals surface area contributed by atoms with Crippen LogP contribution in [0, 0.1) is 6.92 Å². The molecular weight excluding hydrogens is 278 g/mol. The van der Waals surface area contributed by atoms with Crippen molar-refractivity contribution in [1.82, 2.24) is 9.55 Å². The zero-order chi connectivity index (χ0) is 14.9. The summed E-state index contributed by atoms with van der Waals surface area (Å²) in [7, 11) is 0. The van der Waals surface area contributed by atoms with Crippen LogP contribution in [0.1, 0.15) is 32.6 Å². The summed E-state index contributed by atoms with van der Waals surface area (Å²) in [6.07, 6.45) is 1.39. The number of ether oxygens (including phenoxy) is 2. The van der Waals surface area contributed by atoms with Crippen molar-refractivity contribution in [2.75, 3.05) is 18.1 Å². The van der Waals surface area contributed by atoms with E-state index in [1.165, 1.54) is 4.57 Å². The fourth-order valence-electron chi connectivity index (χ4n) is 1.78. The predicted molar refractivity (Wildman–Crippen MR) is 79.7 cm³/mol. The molecule has 0 aromatic carbocycles. The van der Waals surface area contributed by atoms with Gasteiger partial charge in [0.2, 0.25) is 0 Å². The molecule has 0 spiro atoms. The van der Waals surface area contributed by atoms with Crippen LogP contribution in [0.3, 0.4) is 0 Å². The van der Waals surface area contributed by atoms with Gasteiger partial charge in [0.05, 0.1) is 12.2 Å². The molecule has 112 valence electrons. The van der Waals surface area contributed by atoms with Crippen LogP contribution >= 0.6 is 11.8 Å². The van der Waals surface area contributed by atoms with E-state index in [0.29, 0.717) is 12.4 Å². The van der Waals surface area contributed by atoms with Gasteiger partial charge in [-0.2, -0.15) is 4.98 Å². The summed E-state index contributed by atoms with van der Waals surface area (Å²) in [5, 5.41) is 0. The van der Waals surface area contributed by atoms with Crippen LogP contribution in [0.25, 0.3) is 0 Å². The van der Waals surface area contributed by atoms with Gasteiger partial charge in [0.15, 0.2) is 0 Å². The van der Waals surface area contributed by atoms with Crippen LogP contribution in [0.2, 0.25) is 0 Å². The molecule has 0 radical (unpaired) electrons. The zero-order valence-electron chi connectivity index (χ0n) is 12.3. The average molecular weight is 299 g/mol. The Morgan fingerprint density at radius 3 is 2.95 bits per heavy atom. The molecule has 1 aromatic rings. The maximum Gasteiger partial charge on any atom is 0.351 e. The van der Waals surface area contributed by atoms with Gasteiger partial charge in [-0.25, -0.2) is 4.79 Å². The van der Waals surface area contributed by atoms with Gasteiger partial charge in [-0.05, 0) is 27.7 Å². The minimum Gasteiger partial charge on any atom is -0.383 e. The number of aryl methyl sites for hydroxylation is 1. The highest BCUT2D eigenvalue weighted by molar-refractivity contribution is 8.00. The van der Waals surface area contributed by atoms with Gasteiger partial charge in [-0.15, -0.1) is 11.8 Å². The van der Waals surface area contributed by atoms with E-state index in [1.807, 2.05) is 27.7 Å². The van der Waals surface area contributed by atoms with Gasteiger partial charge in [0.25, 0.3) is 0 Å². The van der Waals surface area contributed by atoms with Crippen LogP contribution in [-0.4, -0.2) is 32.9 Å². The second-order valence-corrected chi connectivity index (χ2v) is 6.97. The van der Waals surface area contributed by atoms with Crippen molar-refractivity contribution in [2.24, 2.45) is 0 Å². The van der Waals surface area contributed by atoms with E-state index >= 15 is 0 Å². The smallest absolute Gasteiger partial charge is 0.351 e. The molecule has 2 atom stereocenters. The van der Waals surface area contributed by atoms with Crippen molar-refractivity contribution in [2.45, 2.75) is 45.0 Å². The van der Waals surface area contributed by atoms with Gasteiger partial charge in [-0.3, -0.25) is 4.57 Å². The topological polar surface area (TPSA) is 79.4 Å². The quantitative estimate of drug-likeness (QED) is 0.912. The number of anilines is 1. The first-order chi connectivity index (χ1) is 9.26. The number of rotatable bonds is 3. The van der Waals surface area contributed by atoms with E-state index in [0.717, 1.165) is 5.56 Å². The van der Waals surface area contributed by atoms with E-state index in [1.54, 1.807) is 18.0 Å². The summed E-state index contributed by atoms with van der Waals surface area (Å²) >= 11 is 1.64. The van der Waals surface area contributed by atoms with Gasteiger partial charge in [-0.1, -0.05) is 0 Å². The lowest BCUT2D eigenvalue weighted by Crippen LogP contribution is -2.30. The Morgan fingerprint density at radius 1 is 1.60 bits per heavy atom. The third-order valence-electron chi connectivity index (χ3n) is 2.87. The lowest BCUT2D eigenvalue weighted by atomic mass is 10.2. The first-order valence-electron chi connectivity index (χ1n) is 6.52. The van der Waals surface area contributed by atoms with E-state index < -0.39 is 0 Å². The highest BCUT2D eigenvalue weighted by Crippen LogP contribution is 2.32. The number of nitrogen functional groups attached to an aromatic ring is 1. The summed E-state index contributed by atoms with van der Waals surface area (Å²) < 4.78 is 13.0. The number of hydrogen-bond donors (Lipinski definition) is 1. The Balaban J connectivity index is 2.03. The molecule has 1 fully saturated rings. The Kier molecular flexibility index (Phi) is 4.41. The summed E-state index contributed by atoms with van der Waals surface area (Å²) in [6.45, 7) is 8.33. The van der Waals surface area contributed by atoms with E-state index in [-0.39, 0.29) is 28.8 Å². The van der Waals surface area contributed by atoms with Gasteiger partial charge >= 0.3 is 5.69 Å². The molecule has 0 aliphatic carbocycles. The first-order valence-corrected chi connectivity index (χ1v) is 7.57.